The summed E-state index contributed by atoms with van der Waals surface area (Å²) in [4.78, 5) is 2.57. The molecule has 0 spiro atoms. The Morgan fingerprint density at radius 3 is 2.86 bits per heavy atom. The zero-order chi connectivity index (χ0) is 20.2. The van der Waals surface area contributed by atoms with E-state index >= 15 is 0 Å². The molecular formula is C24H37N3O2. The second-order valence-corrected chi connectivity index (χ2v) is 10.7. The summed E-state index contributed by atoms with van der Waals surface area (Å²) in [6.45, 7) is 14.0. The number of morpholine rings is 1. The van der Waals surface area contributed by atoms with E-state index in [1.54, 1.807) is 0 Å². The first-order chi connectivity index (χ1) is 13.9. The number of aliphatic hydroxyl groups is 1. The number of aliphatic hydroxyl groups excluding tert-OH is 1. The van der Waals surface area contributed by atoms with Crippen LogP contribution in [0.3, 0.4) is 0 Å². The fourth-order valence-electron chi connectivity index (χ4n) is 7.24. The van der Waals surface area contributed by atoms with Gasteiger partial charge in [-0.15, -0.1) is 0 Å². The van der Waals surface area contributed by atoms with Crippen LogP contribution in [0.4, 0.5) is 0 Å². The highest BCUT2D eigenvalue weighted by atomic mass is 16.5. The summed E-state index contributed by atoms with van der Waals surface area (Å²) in [6.07, 6.45) is 8.35. The first kappa shape index (κ1) is 19.8. The van der Waals surface area contributed by atoms with Crippen molar-refractivity contribution in [1.29, 1.82) is 0 Å². The molecule has 1 aliphatic heterocycles. The monoisotopic (exact) mass is 399 g/mol. The second kappa shape index (κ2) is 7.21. The van der Waals surface area contributed by atoms with Crippen molar-refractivity contribution in [1.82, 2.24) is 15.1 Å². The van der Waals surface area contributed by atoms with Gasteiger partial charge in [0.1, 0.15) is 0 Å². The molecule has 0 aromatic carbocycles. The van der Waals surface area contributed by atoms with Crippen molar-refractivity contribution in [3.05, 3.63) is 29.6 Å². The second-order valence-electron chi connectivity index (χ2n) is 10.7. The van der Waals surface area contributed by atoms with Crippen molar-refractivity contribution in [3.63, 3.8) is 0 Å². The van der Waals surface area contributed by atoms with Crippen molar-refractivity contribution >= 4 is 0 Å². The van der Waals surface area contributed by atoms with E-state index in [1.165, 1.54) is 23.3 Å². The zero-order valence-corrected chi connectivity index (χ0v) is 18.1. The maximum atomic E-state index is 11.7. The van der Waals surface area contributed by atoms with Crippen LogP contribution in [0.1, 0.15) is 50.8 Å². The highest BCUT2D eigenvalue weighted by molar-refractivity contribution is 5.26. The third-order valence-electron chi connectivity index (χ3n) is 9.37. The number of H-pyrrole nitrogens is 1. The molecule has 0 unspecified atom stereocenters. The first-order valence-electron chi connectivity index (χ1n) is 11.6. The predicted molar refractivity (Wildman–Crippen MR) is 114 cm³/mol. The van der Waals surface area contributed by atoms with Gasteiger partial charge in [-0.3, -0.25) is 10.00 Å². The molecule has 1 saturated heterocycles. The van der Waals surface area contributed by atoms with E-state index < -0.39 is 0 Å². The van der Waals surface area contributed by atoms with Gasteiger partial charge >= 0.3 is 0 Å². The van der Waals surface area contributed by atoms with Gasteiger partial charge in [0, 0.05) is 25.3 Å². The lowest BCUT2D eigenvalue weighted by molar-refractivity contribution is -0.104. The summed E-state index contributed by atoms with van der Waals surface area (Å²) in [5.74, 6) is 1.25. The third-order valence-corrected chi connectivity index (χ3v) is 9.37. The van der Waals surface area contributed by atoms with Crippen LogP contribution in [0.25, 0.3) is 0 Å². The molecule has 2 N–H and O–H groups in total. The number of ether oxygens (including phenoxy) is 1. The number of rotatable bonds is 3. The maximum Gasteiger partial charge on any atom is 0.0610 e. The minimum Gasteiger partial charge on any atom is -0.392 e. The summed E-state index contributed by atoms with van der Waals surface area (Å²) < 4.78 is 5.58. The van der Waals surface area contributed by atoms with Crippen molar-refractivity contribution in [2.24, 2.45) is 28.6 Å². The Labute approximate surface area is 174 Å². The fraction of sp³-hybridized carbons (Fsp3) is 0.792. The van der Waals surface area contributed by atoms with Gasteiger partial charge in [-0.2, -0.15) is 5.10 Å². The van der Waals surface area contributed by atoms with Crippen LogP contribution in [-0.4, -0.2) is 59.2 Å². The molecule has 2 heterocycles. The van der Waals surface area contributed by atoms with Crippen LogP contribution >= 0.6 is 0 Å². The van der Waals surface area contributed by atoms with Gasteiger partial charge < -0.3 is 9.84 Å². The third kappa shape index (κ3) is 3.12. The minimum absolute atomic E-state index is 0.0971. The Bertz CT molecular complexity index is 770. The van der Waals surface area contributed by atoms with Crippen molar-refractivity contribution in [3.8, 4) is 0 Å². The Morgan fingerprint density at radius 2 is 2.07 bits per heavy atom. The van der Waals surface area contributed by atoms with Gasteiger partial charge in [0.25, 0.3) is 0 Å². The molecule has 1 aromatic heterocycles. The van der Waals surface area contributed by atoms with Crippen LogP contribution < -0.4 is 0 Å². The summed E-state index contributed by atoms with van der Waals surface area (Å²) in [7, 11) is 0. The van der Waals surface area contributed by atoms with E-state index in [9.17, 15) is 5.11 Å². The van der Waals surface area contributed by atoms with Crippen LogP contribution in [-0.2, 0) is 17.6 Å². The first-order valence-corrected chi connectivity index (χ1v) is 11.6. The summed E-state index contributed by atoms with van der Waals surface area (Å²) in [5, 5.41) is 19.3. The number of hydrogen-bond acceptors (Lipinski definition) is 4. The van der Waals surface area contributed by atoms with E-state index in [1.807, 2.05) is 6.20 Å². The molecule has 1 aromatic rings. The normalized spacial score (nSPS) is 43.2. The van der Waals surface area contributed by atoms with E-state index in [0.717, 1.165) is 65.0 Å². The lowest BCUT2D eigenvalue weighted by Crippen LogP contribution is -2.55. The molecule has 0 radical (unpaired) electrons. The highest BCUT2D eigenvalue weighted by Crippen LogP contribution is 2.60. The van der Waals surface area contributed by atoms with Crippen molar-refractivity contribution in [2.45, 2.75) is 58.5 Å². The number of nitrogens with zero attached hydrogens (tertiary/aromatic N) is 2. The van der Waals surface area contributed by atoms with Crippen molar-refractivity contribution in [2.75, 3.05) is 32.8 Å². The van der Waals surface area contributed by atoms with Crippen LogP contribution in [0.2, 0.25) is 0 Å². The standard InChI is InChI=1S/C24H37N3O2/c1-16-4-5-19-22(28)20(6-7-23(16,19)2)24(3)13-17-14-25-26-21(17)12-18(24)15-27-8-10-29-11-9-27/h14,18-20,22,28H,1,4-13,15H2,2-3H3,(H,25,26)/t18-,19+,20+,22+,23-,24+/m1/s1. The number of hydrogen-bond donors (Lipinski definition) is 2. The van der Waals surface area contributed by atoms with Gasteiger partial charge in [0.2, 0.25) is 0 Å². The SMILES string of the molecule is C=C1CC[C@H]2[C@H](O)[C@@H]([C@@]3(C)Cc4cn[nH]c4C[C@@H]3CN3CCOCC3)CC[C@]12C. The Morgan fingerprint density at radius 1 is 1.28 bits per heavy atom. The molecule has 0 amide bonds. The molecule has 2 saturated carbocycles. The molecule has 160 valence electrons. The summed E-state index contributed by atoms with van der Waals surface area (Å²) in [6, 6.07) is 0. The molecule has 5 nitrogen and oxygen atoms in total. The average Bonchev–Trinajstić information content (AvgIpc) is 3.27. The van der Waals surface area contributed by atoms with Crippen LogP contribution in [0.5, 0.6) is 0 Å². The molecule has 0 bridgehead atoms. The van der Waals surface area contributed by atoms with Gasteiger partial charge in [0.05, 0.1) is 25.5 Å². The Kier molecular flexibility index (Phi) is 4.92. The van der Waals surface area contributed by atoms with Gasteiger partial charge in [-0.25, -0.2) is 0 Å². The maximum absolute atomic E-state index is 11.7. The van der Waals surface area contributed by atoms with E-state index in [0.29, 0.717) is 17.8 Å². The molecule has 3 aliphatic carbocycles. The number of aromatic amines is 1. The van der Waals surface area contributed by atoms with Gasteiger partial charge in [-0.1, -0.05) is 26.0 Å². The molecule has 6 atom stereocenters. The van der Waals surface area contributed by atoms with Crippen LogP contribution in [0, 0.1) is 28.6 Å². The van der Waals surface area contributed by atoms with Crippen LogP contribution in [0.15, 0.2) is 18.3 Å². The topological polar surface area (TPSA) is 61.4 Å². The minimum atomic E-state index is -0.223. The number of aromatic nitrogens is 2. The molecule has 5 rings (SSSR count). The smallest absolute Gasteiger partial charge is 0.0610 e. The molecule has 29 heavy (non-hydrogen) atoms. The number of allylic oxidation sites excluding steroid dienone is 1. The van der Waals surface area contributed by atoms with E-state index in [4.69, 9.17) is 4.74 Å². The zero-order valence-electron chi connectivity index (χ0n) is 18.1. The van der Waals surface area contributed by atoms with Gasteiger partial charge in [0.15, 0.2) is 0 Å². The molecular weight excluding hydrogens is 362 g/mol. The molecule has 4 aliphatic rings. The Hall–Kier alpha value is -1.17. The lowest BCUT2D eigenvalue weighted by Gasteiger charge is -2.55. The van der Waals surface area contributed by atoms with Crippen molar-refractivity contribution < 1.29 is 9.84 Å². The highest BCUT2D eigenvalue weighted by Gasteiger charge is 2.56. The number of fused-ring (bicyclic) bond motifs is 2. The Balaban J connectivity index is 1.44. The summed E-state index contributed by atoms with van der Waals surface area (Å²) >= 11 is 0. The fourth-order valence-corrected chi connectivity index (χ4v) is 7.24. The van der Waals surface area contributed by atoms with Gasteiger partial charge in [-0.05, 0) is 72.7 Å². The predicted octanol–water partition coefficient (Wildman–Crippen LogP) is 3.21. The molecule has 3 fully saturated rings. The van der Waals surface area contributed by atoms with E-state index in [-0.39, 0.29) is 16.9 Å². The molecule has 5 heteroatoms. The number of nitrogens with one attached hydrogen (secondary N) is 1. The average molecular weight is 400 g/mol. The largest absolute Gasteiger partial charge is 0.392 e. The quantitative estimate of drug-likeness (QED) is 0.766. The van der Waals surface area contributed by atoms with E-state index in [2.05, 4.69) is 35.5 Å². The summed E-state index contributed by atoms with van der Waals surface area (Å²) in [5.41, 5.74) is 4.28. The lowest BCUT2D eigenvalue weighted by atomic mass is 9.52.